The summed E-state index contributed by atoms with van der Waals surface area (Å²) in [6.45, 7) is 0. The summed E-state index contributed by atoms with van der Waals surface area (Å²) < 4.78 is 53.8. The highest BCUT2D eigenvalue weighted by Crippen LogP contribution is 2.65. The number of allylic oxidation sites excluding steroid dienone is 2. The van der Waals surface area contributed by atoms with Gasteiger partial charge in [-0.25, -0.2) is 0 Å². The van der Waals surface area contributed by atoms with Crippen molar-refractivity contribution in [3.05, 3.63) is 102 Å². The molecule has 0 radical (unpaired) electrons. The lowest BCUT2D eigenvalue weighted by Crippen LogP contribution is -2.29. The van der Waals surface area contributed by atoms with Gasteiger partial charge in [0.2, 0.25) is 0 Å². The Kier molecular flexibility index (Phi) is 4.94. The summed E-state index contributed by atoms with van der Waals surface area (Å²) in [6.07, 6.45) is -0.310. The van der Waals surface area contributed by atoms with Gasteiger partial charge < -0.3 is 4.57 Å². The second-order valence-electron chi connectivity index (χ2n) is 8.36. The molecule has 3 aromatic rings. The molecule has 158 valence electrons. The molecule has 2 aliphatic rings. The van der Waals surface area contributed by atoms with Crippen LogP contribution in [0.5, 0.6) is 0 Å². The molecule has 0 heterocycles. The van der Waals surface area contributed by atoms with Crippen LogP contribution in [0.2, 0.25) is 0 Å². The third-order valence-corrected chi connectivity index (χ3v) is 10.4. The molecule has 0 aromatic heterocycles. The molecule has 0 spiro atoms. The fraction of sp³-hybridized carbons (Fsp3) is 0.231. The number of fused-ring (bicyclic) bond motifs is 2. The Morgan fingerprint density at radius 3 is 1.81 bits per heavy atom. The molecule has 3 unspecified atom stereocenters. The van der Waals surface area contributed by atoms with E-state index in [2.05, 4.69) is 6.08 Å². The first-order valence-electron chi connectivity index (χ1n) is 10.5. The Hall–Kier alpha value is -2.58. The van der Waals surface area contributed by atoms with Gasteiger partial charge in [-0.3, -0.25) is 0 Å². The third-order valence-electron chi connectivity index (χ3n) is 6.70. The van der Waals surface area contributed by atoms with E-state index in [1.54, 1.807) is 12.1 Å². The summed E-state index contributed by atoms with van der Waals surface area (Å²) in [5.41, 5.74) is 1.14. The standard InChI is InChI=1S/C26H22F3OP/c27-26(28,29)20-14-11-18(12-15-20)24-17-19-13-16-23(24)25(19)31(30,21-7-3-1-4-8-21)22-9-5-2-6-10-22/h1-12,14-15,17,19,23,25H,13,16H2. The van der Waals surface area contributed by atoms with Crippen molar-refractivity contribution < 1.29 is 17.7 Å². The molecule has 2 bridgehead atoms. The Morgan fingerprint density at radius 2 is 1.29 bits per heavy atom. The normalized spacial score (nSPS) is 23.1. The summed E-state index contributed by atoms with van der Waals surface area (Å²) in [4.78, 5) is 0. The van der Waals surface area contributed by atoms with Crippen molar-refractivity contribution in [2.75, 3.05) is 0 Å². The lowest BCUT2D eigenvalue weighted by atomic mass is 9.92. The minimum Gasteiger partial charge on any atom is -0.313 e. The van der Waals surface area contributed by atoms with Crippen molar-refractivity contribution in [3.63, 3.8) is 0 Å². The molecule has 2 aliphatic carbocycles. The second-order valence-corrected chi connectivity index (χ2v) is 11.3. The van der Waals surface area contributed by atoms with Crippen molar-refractivity contribution >= 4 is 23.3 Å². The SMILES string of the molecule is O=P(c1ccccc1)(c1ccccc1)C1C2C=C(c3ccc(C(F)(F)F)cc3)C1CC2. The molecule has 31 heavy (non-hydrogen) atoms. The predicted molar refractivity (Wildman–Crippen MR) is 119 cm³/mol. The van der Waals surface area contributed by atoms with E-state index in [1.807, 2.05) is 60.7 Å². The zero-order chi connectivity index (χ0) is 21.6. The van der Waals surface area contributed by atoms with Crippen molar-refractivity contribution in [1.82, 2.24) is 0 Å². The summed E-state index contributed by atoms with van der Waals surface area (Å²) in [5, 5.41) is 1.70. The number of benzene rings is 3. The molecule has 0 saturated heterocycles. The van der Waals surface area contributed by atoms with Gasteiger partial charge in [0.25, 0.3) is 0 Å². The average molecular weight is 438 g/mol. The summed E-state index contributed by atoms with van der Waals surface area (Å²) in [7, 11) is -2.95. The Labute approximate surface area is 180 Å². The highest BCUT2D eigenvalue weighted by molar-refractivity contribution is 7.79. The molecule has 0 amide bonds. The molecular formula is C26H22F3OP. The van der Waals surface area contributed by atoms with Crippen LogP contribution in [0.15, 0.2) is 91.0 Å². The summed E-state index contributed by atoms with van der Waals surface area (Å²) in [6, 6.07) is 24.7. The zero-order valence-corrected chi connectivity index (χ0v) is 17.7. The van der Waals surface area contributed by atoms with Crippen LogP contribution < -0.4 is 10.6 Å². The fourth-order valence-corrected chi connectivity index (χ4v) is 9.17. The maximum Gasteiger partial charge on any atom is 0.416 e. The monoisotopic (exact) mass is 438 g/mol. The van der Waals surface area contributed by atoms with E-state index in [9.17, 15) is 17.7 Å². The van der Waals surface area contributed by atoms with Crippen LogP contribution in [0.4, 0.5) is 13.2 Å². The van der Waals surface area contributed by atoms with Crippen molar-refractivity contribution in [1.29, 1.82) is 0 Å². The molecule has 3 aromatic carbocycles. The molecule has 1 fully saturated rings. The largest absolute Gasteiger partial charge is 0.416 e. The number of halogens is 3. The molecule has 5 rings (SSSR count). The minimum atomic E-state index is -4.35. The van der Waals surface area contributed by atoms with Gasteiger partial charge in [-0.2, -0.15) is 13.2 Å². The lowest BCUT2D eigenvalue weighted by Gasteiger charge is -2.30. The van der Waals surface area contributed by atoms with Crippen LogP contribution in [0.25, 0.3) is 5.57 Å². The van der Waals surface area contributed by atoms with Crippen LogP contribution in [0.3, 0.4) is 0 Å². The van der Waals surface area contributed by atoms with Crippen LogP contribution in [0, 0.1) is 11.8 Å². The van der Waals surface area contributed by atoms with Gasteiger partial charge in [0.05, 0.1) is 5.56 Å². The Balaban J connectivity index is 1.56. The zero-order valence-electron chi connectivity index (χ0n) is 16.8. The van der Waals surface area contributed by atoms with E-state index in [1.165, 1.54) is 0 Å². The molecule has 1 nitrogen and oxygen atoms in total. The van der Waals surface area contributed by atoms with Gasteiger partial charge in [-0.1, -0.05) is 78.9 Å². The lowest BCUT2D eigenvalue weighted by molar-refractivity contribution is -0.137. The first-order chi connectivity index (χ1) is 14.9. The van der Waals surface area contributed by atoms with E-state index < -0.39 is 18.9 Å². The van der Waals surface area contributed by atoms with Crippen molar-refractivity contribution in [2.45, 2.75) is 24.7 Å². The molecule has 0 N–H and O–H groups in total. The van der Waals surface area contributed by atoms with E-state index in [0.29, 0.717) is 0 Å². The van der Waals surface area contributed by atoms with E-state index in [-0.39, 0.29) is 17.5 Å². The average Bonchev–Trinajstić information content (AvgIpc) is 3.38. The van der Waals surface area contributed by atoms with Crippen LogP contribution in [-0.2, 0) is 10.7 Å². The maximum absolute atomic E-state index is 14.9. The van der Waals surface area contributed by atoms with Crippen LogP contribution in [-0.4, -0.2) is 5.66 Å². The van der Waals surface area contributed by atoms with Gasteiger partial charge in [0.15, 0.2) is 0 Å². The van der Waals surface area contributed by atoms with E-state index in [4.69, 9.17) is 0 Å². The molecule has 0 aliphatic heterocycles. The quantitative estimate of drug-likeness (QED) is 0.425. The maximum atomic E-state index is 14.9. The fourth-order valence-electron chi connectivity index (χ4n) is 5.36. The van der Waals surface area contributed by atoms with Gasteiger partial charge in [-0.15, -0.1) is 0 Å². The molecular weight excluding hydrogens is 416 g/mol. The van der Waals surface area contributed by atoms with Crippen molar-refractivity contribution in [2.24, 2.45) is 11.8 Å². The first-order valence-corrected chi connectivity index (χ1v) is 12.3. The number of alkyl halides is 3. The molecule has 1 saturated carbocycles. The highest BCUT2D eigenvalue weighted by atomic mass is 31.2. The predicted octanol–water partition coefficient (Wildman–Crippen LogP) is 6.51. The van der Waals surface area contributed by atoms with Gasteiger partial charge >= 0.3 is 6.18 Å². The Bertz CT molecular complexity index is 1110. The summed E-state index contributed by atoms with van der Waals surface area (Å²) in [5.74, 6) is 0.238. The first kappa shape index (κ1) is 20.3. The molecule has 3 atom stereocenters. The Morgan fingerprint density at radius 1 is 0.742 bits per heavy atom. The third kappa shape index (κ3) is 3.38. The van der Waals surface area contributed by atoms with E-state index >= 15 is 0 Å². The van der Waals surface area contributed by atoms with Gasteiger partial charge in [-0.05, 0) is 47.9 Å². The van der Waals surface area contributed by atoms with Crippen LogP contribution >= 0.6 is 7.14 Å². The second kappa shape index (κ2) is 7.53. The number of hydrogen-bond donors (Lipinski definition) is 0. The molecule has 5 heteroatoms. The van der Waals surface area contributed by atoms with E-state index in [0.717, 1.165) is 46.7 Å². The smallest absolute Gasteiger partial charge is 0.313 e. The van der Waals surface area contributed by atoms with Gasteiger partial charge in [0.1, 0.15) is 7.14 Å². The summed E-state index contributed by atoms with van der Waals surface area (Å²) >= 11 is 0. The van der Waals surface area contributed by atoms with Gasteiger partial charge in [0, 0.05) is 16.3 Å². The highest BCUT2D eigenvalue weighted by Gasteiger charge is 2.53. The minimum absolute atomic E-state index is 0.0606. The number of rotatable bonds is 4. The topological polar surface area (TPSA) is 17.1 Å². The van der Waals surface area contributed by atoms with Crippen LogP contribution in [0.1, 0.15) is 24.0 Å². The number of hydrogen-bond acceptors (Lipinski definition) is 1. The van der Waals surface area contributed by atoms with Crippen molar-refractivity contribution in [3.8, 4) is 0 Å².